The second-order valence-corrected chi connectivity index (χ2v) is 30.3. The summed E-state index contributed by atoms with van der Waals surface area (Å²) >= 11 is 5.34. The molecule has 2 fully saturated rings. The number of phenols is 2. The minimum Gasteiger partial charge on any atom is -0.506 e. The lowest BCUT2D eigenvalue weighted by atomic mass is 9.85. The number of carbonyl (C=O) groups is 4. The molecular weight excluding hydrogens is 1380 g/mol. The number of nitro benzene ring substituents is 2. The number of Topliss-reactive ketones (excluding diaryl/α,β-unsaturated/α-hetero) is 2. The predicted octanol–water partition coefficient (Wildman–Crippen LogP) is 17.5. The molecule has 0 spiro atoms. The molecule has 8 aromatic rings. The van der Waals surface area contributed by atoms with Crippen molar-refractivity contribution in [2.24, 2.45) is 0 Å². The zero-order chi connectivity index (χ0) is 78.1. The molecule has 1 amide bonds. The Labute approximate surface area is 636 Å². The molecule has 2 heterocycles. The fourth-order valence-corrected chi connectivity index (χ4v) is 11.7. The minimum atomic E-state index is -0.985. The fourth-order valence-electron chi connectivity index (χ4n) is 11.6. The summed E-state index contributed by atoms with van der Waals surface area (Å²) in [6.45, 7) is 41.3. The van der Waals surface area contributed by atoms with E-state index in [0.29, 0.717) is 75.0 Å². The molecule has 0 bridgehead atoms. The van der Waals surface area contributed by atoms with Crippen LogP contribution in [-0.4, -0.2) is 146 Å². The van der Waals surface area contributed by atoms with Crippen LogP contribution < -0.4 is 30.0 Å². The first kappa shape index (κ1) is 89.7. The lowest BCUT2D eigenvalue weighted by Gasteiger charge is -2.26. The minimum absolute atomic E-state index is 0. The fraction of sp³-hybridized carbons (Fsp3) is 0.429. The zero-order valence-electron chi connectivity index (χ0n) is 63.9. The van der Waals surface area contributed by atoms with Gasteiger partial charge in [0.05, 0.1) is 61.9 Å². The van der Waals surface area contributed by atoms with Crippen LogP contribution in [0.5, 0.6) is 34.5 Å². The van der Waals surface area contributed by atoms with Crippen molar-refractivity contribution in [3.63, 3.8) is 0 Å². The quantitative estimate of drug-likeness (QED) is 0.0125. The number of rotatable bonds is 17. The smallest absolute Gasteiger partial charge is 0.311 e. The number of carbonyl (C=O) groups excluding carboxylic acids is 4. The van der Waals surface area contributed by atoms with Gasteiger partial charge in [-0.25, -0.2) is 0 Å². The number of nitrogens with two attached hydrogens (primary N) is 1. The third-order valence-electron chi connectivity index (χ3n) is 17.8. The molecule has 0 saturated carbocycles. The number of nitrogen functional groups attached to an aromatic ring is 1. The Morgan fingerprint density at radius 3 is 1.24 bits per heavy atom. The molecule has 2 saturated heterocycles. The maximum absolute atomic E-state index is 13.3. The summed E-state index contributed by atoms with van der Waals surface area (Å²) in [4.78, 5) is 74.9. The van der Waals surface area contributed by atoms with Gasteiger partial charge in [-0.3, -0.25) is 49.2 Å². The van der Waals surface area contributed by atoms with E-state index in [2.05, 4.69) is 56.7 Å². The van der Waals surface area contributed by atoms with Crippen molar-refractivity contribution < 1.29 is 67.7 Å². The number of ether oxygens (including phenoxy) is 6. The Morgan fingerprint density at radius 1 is 0.505 bits per heavy atom. The number of morpholine rings is 2. The number of ketones is 2. The summed E-state index contributed by atoms with van der Waals surface area (Å²) in [6, 6.07) is 36.1. The summed E-state index contributed by atoms with van der Waals surface area (Å²) in [5, 5.41) is 45.4. The average Bonchev–Trinajstić information content (AvgIpc) is 0.789. The first-order valence-corrected chi connectivity index (χ1v) is 35.2. The second kappa shape index (κ2) is 39.2. The number of fused-ring (bicyclic) bond motifs is 2. The highest BCUT2D eigenvalue weighted by Gasteiger charge is 2.28. The topological polar surface area (TPSA) is 295 Å². The monoisotopic (exact) mass is 1490 g/mol. The number of aryl methyl sites for hydroxylation is 4. The largest absolute Gasteiger partial charge is 0.506 e. The van der Waals surface area contributed by atoms with Crippen LogP contribution in [0, 0.1) is 47.9 Å². The van der Waals surface area contributed by atoms with Gasteiger partial charge in [0.2, 0.25) is 5.78 Å². The van der Waals surface area contributed by atoms with Gasteiger partial charge >= 0.3 is 11.4 Å². The number of amides is 1. The molecule has 0 aromatic heterocycles. The van der Waals surface area contributed by atoms with Crippen LogP contribution >= 0.6 is 11.6 Å². The predicted molar refractivity (Wildman–Crippen MR) is 429 cm³/mol. The van der Waals surface area contributed by atoms with Gasteiger partial charge in [-0.1, -0.05) is 171 Å². The molecule has 580 valence electrons. The van der Waals surface area contributed by atoms with Gasteiger partial charge in [0.15, 0.2) is 11.5 Å². The van der Waals surface area contributed by atoms with Crippen LogP contribution in [0.3, 0.4) is 0 Å². The SMILES string of the molecule is C.C.COc1c(C)cc(C(C)(C)C)cc1NC(=O)C(=O)c1ccc(OCCN2CCOCC2)c2ccccc12.COc1c(C)cc(C(C)(C)C)cc1[N+](=O)[O-].Cc1cc(C(C)(C)C)cc(N)c1O.Cc1cc(C(C)(C)C)cc([N+](=O)[O-])c1O.O=C(Cl)C(=O)c1ccc(OCCN2CCOCC2)c2ccccc12. The lowest BCUT2D eigenvalue weighted by molar-refractivity contribution is -0.386. The number of nitrogens with zero attached hydrogens (tertiary/aromatic N) is 4. The van der Waals surface area contributed by atoms with E-state index < -0.39 is 32.6 Å². The molecule has 0 aliphatic carbocycles. The van der Waals surface area contributed by atoms with Crippen LogP contribution in [0.4, 0.5) is 22.7 Å². The third kappa shape index (κ3) is 24.7. The van der Waals surface area contributed by atoms with Crippen molar-refractivity contribution in [2.45, 2.75) is 147 Å². The van der Waals surface area contributed by atoms with Crippen LogP contribution in [0.1, 0.15) is 163 Å². The Bertz CT molecular complexity index is 4400. The van der Waals surface area contributed by atoms with E-state index in [4.69, 9.17) is 45.8 Å². The van der Waals surface area contributed by atoms with Gasteiger partial charge < -0.3 is 49.7 Å². The molecule has 23 heteroatoms. The summed E-state index contributed by atoms with van der Waals surface area (Å²) in [6.07, 6.45) is 0. The molecule has 0 radical (unpaired) electrons. The van der Waals surface area contributed by atoms with Crippen molar-refractivity contribution in [1.29, 1.82) is 0 Å². The third-order valence-corrected chi connectivity index (χ3v) is 18.0. The summed E-state index contributed by atoms with van der Waals surface area (Å²) in [5.41, 5.74) is 13.8. The second-order valence-electron chi connectivity index (χ2n) is 29.9. The lowest BCUT2D eigenvalue weighted by Crippen LogP contribution is -2.38. The number of phenolic OH excluding ortho intramolecular Hbond substituents is 2. The molecule has 5 N–H and O–H groups in total. The van der Waals surface area contributed by atoms with Gasteiger partial charge in [0.25, 0.3) is 16.9 Å². The van der Waals surface area contributed by atoms with Crippen molar-refractivity contribution in [1.82, 2.24) is 9.80 Å². The van der Waals surface area contributed by atoms with E-state index in [1.165, 1.54) is 13.2 Å². The number of anilines is 2. The van der Waals surface area contributed by atoms with Gasteiger partial charge in [0, 0.05) is 73.3 Å². The molecule has 22 nitrogen and oxygen atoms in total. The van der Waals surface area contributed by atoms with Gasteiger partial charge in [0.1, 0.15) is 36.2 Å². The van der Waals surface area contributed by atoms with Crippen LogP contribution in [0.25, 0.3) is 21.5 Å². The highest BCUT2D eigenvalue weighted by atomic mass is 35.5. The number of aromatic hydroxyl groups is 2. The number of nitro groups is 2. The molecule has 8 aromatic carbocycles. The maximum Gasteiger partial charge on any atom is 0.311 e. The van der Waals surface area contributed by atoms with Crippen molar-refractivity contribution in [3.05, 3.63) is 197 Å². The number of methoxy groups -OCH3 is 2. The van der Waals surface area contributed by atoms with Crippen molar-refractivity contribution >= 4 is 78.6 Å². The number of halogens is 1. The van der Waals surface area contributed by atoms with E-state index in [1.54, 1.807) is 56.5 Å². The van der Waals surface area contributed by atoms with E-state index in [-0.39, 0.29) is 59.4 Å². The highest BCUT2D eigenvalue weighted by molar-refractivity contribution is 6.83. The molecule has 2 aliphatic rings. The molecule has 107 heavy (non-hydrogen) atoms. The van der Waals surface area contributed by atoms with E-state index in [0.717, 1.165) is 115 Å². The summed E-state index contributed by atoms with van der Waals surface area (Å²) in [5.74, 6) is 0.204. The Balaban J connectivity index is 0.000000300. The highest BCUT2D eigenvalue weighted by Crippen LogP contribution is 2.40. The van der Waals surface area contributed by atoms with Crippen LogP contribution in [0.15, 0.2) is 121 Å². The first-order valence-electron chi connectivity index (χ1n) is 34.8. The Morgan fingerprint density at radius 2 is 0.860 bits per heavy atom. The Hall–Kier alpha value is -9.71. The van der Waals surface area contributed by atoms with Crippen LogP contribution in [0.2, 0.25) is 0 Å². The summed E-state index contributed by atoms with van der Waals surface area (Å²) in [7, 11) is 3.01. The van der Waals surface area contributed by atoms with E-state index in [1.807, 2.05) is 135 Å². The molecule has 10 rings (SSSR count). The number of hydrogen-bond acceptors (Lipinski definition) is 19. The van der Waals surface area contributed by atoms with Crippen molar-refractivity contribution in [2.75, 3.05) is 104 Å². The average molecular weight is 1500 g/mol. The number of benzene rings is 8. The maximum atomic E-state index is 13.3. The van der Waals surface area contributed by atoms with E-state index >= 15 is 0 Å². The Kier molecular flexibility index (Phi) is 32.9. The normalized spacial score (nSPS) is 13.1. The van der Waals surface area contributed by atoms with E-state index in [9.17, 15) is 49.6 Å². The molecule has 0 atom stereocenters. The van der Waals surface area contributed by atoms with Crippen molar-refractivity contribution in [3.8, 4) is 34.5 Å². The zero-order valence-corrected chi connectivity index (χ0v) is 64.6. The van der Waals surface area contributed by atoms with Gasteiger partial charge in [-0.15, -0.1) is 0 Å². The van der Waals surface area contributed by atoms with Gasteiger partial charge in [-0.2, -0.15) is 0 Å². The van der Waals surface area contributed by atoms with Crippen LogP contribution in [-0.2, 0) is 40.7 Å². The molecular formula is C84H111ClN6O16. The first-order chi connectivity index (χ1) is 49.2. The molecule has 0 unspecified atom stereocenters. The number of nitrogens with one attached hydrogen (secondary N) is 1. The number of hydrogen-bond donors (Lipinski definition) is 4. The molecule has 2 aliphatic heterocycles. The standard InChI is InChI=1S/C30H36N2O5.C18H18ClNO4.C12H17NO3.C11H15NO3.C11H17NO.2CH4/c1-20-18-21(30(2,3)4)19-25(28(20)35-5)31-29(34)27(33)24-10-11-26(23-9-7-6-8-22(23)24)37-17-14-32-12-15-36-16-13-32;19-18(22)17(21)15-5-6-16(14-4-2-1-3-13(14)15)24-12-9-20-7-10-23-11-8-20;1-8-6-9(12(2,3)4)7-10(13(14)15)11(8)16-5;1-7-5-8(11(2,3)4)6-9(10(7)13)12(14)15;1-7-5-8(11(2,3)4)6-9(12)10(7)13;;/h6-11,18-19H,12-17H2,1-5H3,(H,31,34);1-6H,7-12H2;6-7H,1-5H3;5-6,13H,1-4H3;5-6,13H,12H2,1-4H3;2*1H4. The summed E-state index contributed by atoms with van der Waals surface area (Å²) < 4.78 is 33.3. The van der Waals surface area contributed by atoms with Gasteiger partial charge in [-0.05, 0) is 153 Å².